The summed E-state index contributed by atoms with van der Waals surface area (Å²) in [4.78, 5) is 30.7. The molecule has 0 spiro atoms. The minimum absolute atomic E-state index is 0.0489. The Morgan fingerprint density at radius 2 is 2.08 bits per heavy atom. The Kier molecular flexibility index (Phi) is 4.59. The van der Waals surface area contributed by atoms with Gasteiger partial charge >= 0.3 is 0 Å². The number of aromatic nitrogens is 1. The number of amides is 2. The van der Waals surface area contributed by atoms with Gasteiger partial charge in [0.1, 0.15) is 6.10 Å². The highest BCUT2D eigenvalue weighted by Gasteiger charge is 2.41. The van der Waals surface area contributed by atoms with Gasteiger partial charge in [-0.15, -0.1) is 0 Å². The summed E-state index contributed by atoms with van der Waals surface area (Å²) in [6.45, 7) is 0.955. The van der Waals surface area contributed by atoms with E-state index in [2.05, 4.69) is 10.3 Å². The Labute approximate surface area is 147 Å². The largest absolute Gasteiger partial charge is 0.474 e. The molecule has 0 aromatic carbocycles. The topological polar surface area (TPSA) is 71.5 Å². The van der Waals surface area contributed by atoms with Crippen molar-refractivity contribution in [3.8, 4) is 5.88 Å². The van der Waals surface area contributed by atoms with Gasteiger partial charge in [0.25, 0.3) is 0 Å². The predicted molar refractivity (Wildman–Crippen MR) is 91.8 cm³/mol. The SMILES string of the molecule is O=C(NCc1cccnc1OC1CCCC1)[C@@H]1CC(=O)N(C2CC2)C1. The molecule has 2 aliphatic carbocycles. The van der Waals surface area contributed by atoms with Gasteiger partial charge < -0.3 is 15.0 Å². The maximum Gasteiger partial charge on any atom is 0.225 e. The van der Waals surface area contributed by atoms with Crippen LogP contribution in [0.15, 0.2) is 18.3 Å². The molecular weight excluding hydrogens is 318 g/mol. The molecule has 0 unspecified atom stereocenters. The Morgan fingerprint density at radius 1 is 1.28 bits per heavy atom. The van der Waals surface area contributed by atoms with Gasteiger partial charge in [0, 0.05) is 37.3 Å². The first-order chi connectivity index (χ1) is 12.2. The van der Waals surface area contributed by atoms with Crippen LogP contribution < -0.4 is 10.1 Å². The lowest BCUT2D eigenvalue weighted by molar-refractivity contribution is -0.129. The molecule has 1 aliphatic heterocycles. The predicted octanol–water partition coefficient (Wildman–Crippen LogP) is 2.03. The van der Waals surface area contributed by atoms with Crippen LogP contribution in [0.2, 0.25) is 0 Å². The van der Waals surface area contributed by atoms with Gasteiger partial charge in [-0.25, -0.2) is 4.98 Å². The van der Waals surface area contributed by atoms with Crippen molar-refractivity contribution in [1.29, 1.82) is 0 Å². The first kappa shape index (κ1) is 16.4. The van der Waals surface area contributed by atoms with E-state index in [-0.39, 0.29) is 23.8 Å². The summed E-state index contributed by atoms with van der Waals surface area (Å²) in [6.07, 6.45) is 9.01. The van der Waals surface area contributed by atoms with E-state index in [0.29, 0.717) is 31.4 Å². The second-order valence-electron chi connectivity index (χ2n) is 7.39. The van der Waals surface area contributed by atoms with Crippen molar-refractivity contribution in [1.82, 2.24) is 15.2 Å². The highest BCUT2D eigenvalue weighted by molar-refractivity contribution is 5.89. The maximum absolute atomic E-state index is 12.5. The highest BCUT2D eigenvalue weighted by atomic mass is 16.5. The van der Waals surface area contributed by atoms with Gasteiger partial charge in [-0.2, -0.15) is 0 Å². The van der Waals surface area contributed by atoms with E-state index < -0.39 is 0 Å². The molecule has 6 nitrogen and oxygen atoms in total. The van der Waals surface area contributed by atoms with E-state index in [9.17, 15) is 9.59 Å². The number of carbonyl (C=O) groups is 2. The van der Waals surface area contributed by atoms with Crippen LogP contribution in [0.25, 0.3) is 0 Å². The molecule has 134 valence electrons. The quantitative estimate of drug-likeness (QED) is 0.858. The Balaban J connectivity index is 1.33. The van der Waals surface area contributed by atoms with Crippen LogP contribution in [0.1, 0.15) is 50.5 Å². The van der Waals surface area contributed by atoms with Crippen molar-refractivity contribution in [3.63, 3.8) is 0 Å². The van der Waals surface area contributed by atoms with E-state index >= 15 is 0 Å². The molecule has 1 aromatic heterocycles. The number of pyridine rings is 1. The smallest absolute Gasteiger partial charge is 0.225 e. The normalized spacial score (nSPS) is 23.9. The van der Waals surface area contributed by atoms with E-state index in [4.69, 9.17) is 4.74 Å². The maximum atomic E-state index is 12.5. The van der Waals surface area contributed by atoms with Crippen LogP contribution in [0.4, 0.5) is 0 Å². The summed E-state index contributed by atoms with van der Waals surface area (Å²) in [5, 5.41) is 2.97. The number of carbonyl (C=O) groups excluding carboxylic acids is 2. The van der Waals surface area contributed by atoms with Crippen molar-refractivity contribution in [3.05, 3.63) is 23.9 Å². The van der Waals surface area contributed by atoms with Crippen molar-refractivity contribution in [2.75, 3.05) is 6.54 Å². The number of hydrogen-bond acceptors (Lipinski definition) is 4. The average Bonchev–Trinajstić information content (AvgIpc) is 3.19. The Hall–Kier alpha value is -2.11. The lowest BCUT2D eigenvalue weighted by atomic mass is 10.1. The number of nitrogens with one attached hydrogen (secondary N) is 1. The summed E-state index contributed by atoms with van der Waals surface area (Å²) >= 11 is 0. The number of likely N-dealkylation sites (tertiary alicyclic amines) is 1. The van der Waals surface area contributed by atoms with E-state index in [0.717, 1.165) is 31.2 Å². The number of ether oxygens (including phenoxy) is 1. The van der Waals surface area contributed by atoms with Gasteiger partial charge in [0.2, 0.25) is 17.7 Å². The zero-order chi connectivity index (χ0) is 17.2. The lowest BCUT2D eigenvalue weighted by Crippen LogP contribution is -2.33. The van der Waals surface area contributed by atoms with E-state index in [1.165, 1.54) is 12.8 Å². The summed E-state index contributed by atoms with van der Waals surface area (Å²) in [5.41, 5.74) is 0.895. The average molecular weight is 343 g/mol. The van der Waals surface area contributed by atoms with Gasteiger partial charge in [-0.3, -0.25) is 9.59 Å². The van der Waals surface area contributed by atoms with Crippen LogP contribution in [0.3, 0.4) is 0 Å². The third kappa shape index (κ3) is 3.78. The van der Waals surface area contributed by atoms with Crippen LogP contribution in [-0.4, -0.2) is 40.4 Å². The molecule has 0 radical (unpaired) electrons. The zero-order valence-corrected chi connectivity index (χ0v) is 14.4. The first-order valence-electron chi connectivity index (χ1n) is 9.38. The fourth-order valence-corrected chi connectivity index (χ4v) is 3.80. The molecule has 25 heavy (non-hydrogen) atoms. The Bertz CT molecular complexity index is 653. The molecular formula is C19H25N3O3. The minimum Gasteiger partial charge on any atom is -0.474 e. The van der Waals surface area contributed by atoms with Crippen LogP contribution in [0, 0.1) is 5.92 Å². The number of nitrogens with zero attached hydrogens (tertiary/aromatic N) is 2. The fourth-order valence-electron chi connectivity index (χ4n) is 3.80. The van der Waals surface area contributed by atoms with E-state index in [1.54, 1.807) is 6.20 Å². The molecule has 1 atom stereocenters. The molecule has 2 amide bonds. The summed E-state index contributed by atoms with van der Waals surface area (Å²) < 4.78 is 6.01. The van der Waals surface area contributed by atoms with Crippen LogP contribution in [-0.2, 0) is 16.1 Å². The zero-order valence-electron chi connectivity index (χ0n) is 14.4. The standard InChI is InChI=1S/C19H25N3O3/c23-17-10-14(12-22(17)15-7-8-15)18(24)21-11-13-4-3-9-20-19(13)25-16-5-1-2-6-16/h3-4,9,14-16H,1-2,5-8,10-12H2,(H,21,24)/t14-/m1/s1. The highest BCUT2D eigenvalue weighted by Crippen LogP contribution is 2.32. The third-order valence-electron chi connectivity index (χ3n) is 5.40. The molecule has 1 saturated heterocycles. The summed E-state index contributed by atoms with van der Waals surface area (Å²) in [6, 6.07) is 4.18. The Morgan fingerprint density at radius 3 is 2.84 bits per heavy atom. The molecule has 2 heterocycles. The van der Waals surface area contributed by atoms with Gasteiger partial charge in [0.15, 0.2) is 0 Å². The second-order valence-corrected chi connectivity index (χ2v) is 7.39. The number of rotatable bonds is 6. The molecule has 4 rings (SSSR count). The van der Waals surface area contributed by atoms with Crippen LogP contribution >= 0.6 is 0 Å². The molecule has 3 aliphatic rings. The summed E-state index contributed by atoms with van der Waals surface area (Å²) in [5.74, 6) is 0.460. The monoisotopic (exact) mass is 343 g/mol. The molecule has 1 N–H and O–H groups in total. The van der Waals surface area contributed by atoms with Gasteiger partial charge in [-0.05, 0) is 44.6 Å². The molecule has 3 fully saturated rings. The molecule has 1 aromatic rings. The van der Waals surface area contributed by atoms with Crippen molar-refractivity contribution in [2.45, 2.75) is 63.6 Å². The summed E-state index contributed by atoms with van der Waals surface area (Å²) in [7, 11) is 0. The van der Waals surface area contributed by atoms with Crippen molar-refractivity contribution in [2.24, 2.45) is 5.92 Å². The van der Waals surface area contributed by atoms with Gasteiger partial charge in [0.05, 0.1) is 5.92 Å². The lowest BCUT2D eigenvalue weighted by Gasteiger charge is -2.17. The fraction of sp³-hybridized carbons (Fsp3) is 0.632. The second kappa shape index (κ2) is 7.02. The number of hydrogen-bond donors (Lipinski definition) is 1. The van der Waals surface area contributed by atoms with Crippen molar-refractivity contribution < 1.29 is 14.3 Å². The first-order valence-corrected chi connectivity index (χ1v) is 9.38. The van der Waals surface area contributed by atoms with Crippen molar-refractivity contribution >= 4 is 11.8 Å². The van der Waals surface area contributed by atoms with E-state index in [1.807, 2.05) is 17.0 Å². The third-order valence-corrected chi connectivity index (χ3v) is 5.40. The van der Waals surface area contributed by atoms with Gasteiger partial charge in [-0.1, -0.05) is 6.07 Å². The molecule has 2 saturated carbocycles. The molecule has 6 heteroatoms. The van der Waals surface area contributed by atoms with Crippen LogP contribution in [0.5, 0.6) is 5.88 Å². The minimum atomic E-state index is -0.232. The molecule has 0 bridgehead atoms.